The van der Waals surface area contributed by atoms with Crippen LogP contribution in [0.2, 0.25) is 0 Å². The third-order valence-electron chi connectivity index (χ3n) is 3.97. The Morgan fingerprint density at radius 1 is 1.29 bits per heavy atom. The van der Waals surface area contributed by atoms with E-state index in [1.807, 2.05) is 25.6 Å². The van der Waals surface area contributed by atoms with Crippen LogP contribution < -0.4 is 5.32 Å². The van der Waals surface area contributed by atoms with Gasteiger partial charge in [-0.05, 0) is 25.8 Å². The number of aryl methyl sites for hydroxylation is 2. The number of carbonyl (C=O) groups is 2. The summed E-state index contributed by atoms with van der Waals surface area (Å²) in [7, 11) is 5.28. The molecule has 2 amide bonds. The van der Waals surface area contributed by atoms with Crippen LogP contribution in [-0.4, -0.2) is 50.4 Å². The monoisotopic (exact) mass is 332 g/mol. The Morgan fingerprint density at radius 2 is 2.00 bits per heavy atom. The normalized spacial score (nSPS) is 10.7. The van der Waals surface area contributed by atoms with Crippen molar-refractivity contribution in [3.8, 4) is 0 Å². The molecule has 8 nitrogen and oxygen atoms in total. The standard InChI is InChI=1S/C16H24N6O2/c1-11-14(12(2)21(5)19-11)6-7-15(23)18-13-8-17-22(9-13)10-16(24)20(3)4/h8-9H,6-7,10H2,1-5H3,(H,18,23). The first-order valence-corrected chi connectivity index (χ1v) is 7.79. The number of hydrogen-bond donors (Lipinski definition) is 1. The summed E-state index contributed by atoms with van der Waals surface area (Å²) in [5, 5.41) is 11.2. The molecule has 0 unspecified atom stereocenters. The highest BCUT2D eigenvalue weighted by atomic mass is 16.2. The maximum atomic E-state index is 12.1. The molecule has 130 valence electrons. The molecule has 0 aliphatic carbocycles. The Morgan fingerprint density at radius 3 is 2.58 bits per heavy atom. The van der Waals surface area contributed by atoms with Crippen LogP contribution in [0.3, 0.4) is 0 Å². The van der Waals surface area contributed by atoms with E-state index in [2.05, 4.69) is 15.5 Å². The molecule has 0 saturated carbocycles. The van der Waals surface area contributed by atoms with E-state index >= 15 is 0 Å². The number of likely N-dealkylation sites (N-methyl/N-ethyl adjacent to an activating group) is 1. The maximum Gasteiger partial charge on any atom is 0.243 e. The van der Waals surface area contributed by atoms with Crippen LogP contribution in [0.1, 0.15) is 23.4 Å². The summed E-state index contributed by atoms with van der Waals surface area (Å²) in [6.45, 7) is 4.10. The van der Waals surface area contributed by atoms with Crippen molar-refractivity contribution in [2.45, 2.75) is 33.2 Å². The zero-order valence-electron chi connectivity index (χ0n) is 14.8. The third-order valence-corrected chi connectivity index (χ3v) is 3.97. The Kier molecular flexibility index (Phi) is 5.38. The van der Waals surface area contributed by atoms with Crippen molar-refractivity contribution < 1.29 is 9.59 Å². The quantitative estimate of drug-likeness (QED) is 0.851. The summed E-state index contributed by atoms with van der Waals surface area (Å²) in [6.07, 6.45) is 4.21. The molecule has 0 aromatic carbocycles. The number of hydrogen-bond acceptors (Lipinski definition) is 4. The lowest BCUT2D eigenvalue weighted by molar-refractivity contribution is -0.129. The molecule has 0 aliphatic rings. The lowest BCUT2D eigenvalue weighted by Gasteiger charge is -2.09. The molecule has 2 rings (SSSR count). The highest BCUT2D eigenvalue weighted by molar-refractivity contribution is 5.90. The largest absolute Gasteiger partial charge is 0.347 e. The smallest absolute Gasteiger partial charge is 0.243 e. The van der Waals surface area contributed by atoms with Crippen molar-refractivity contribution in [3.05, 3.63) is 29.3 Å². The number of nitrogens with one attached hydrogen (secondary N) is 1. The van der Waals surface area contributed by atoms with Gasteiger partial charge in [0.25, 0.3) is 0 Å². The molecule has 0 bridgehead atoms. The van der Waals surface area contributed by atoms with Gasteiger partial charge in [0.05, 0.1) is 17.6 Å². The fourth-order valence-corrected chi connectivity index (χ4v) is 2.44. The fourth-order valence-electron chi connectivity index (χ4n) is 2.44. The minimum absolute atomic E-state index is 0.0569. The average Bonchev–Trinajstić information content (AvgIpc) is 3.02. The van der Waals surface area contributed by atoms with E-state index < -0.39 is 0 Å². The first-order chi connectivity index (χ1) is 11.3. The van der Waals surface area contributed by atoms with Crippen molar-refractivity contribution in [2.24, 2.45) is 7.05 Å². The Hall–Kier alpha value is -2.64. The molecule has 2 aromatic rings. The van der Waals surface area contributed by atoms with Crippen LogP contribution in [0.25, 0.3) is 0 Å². The first kappa shape index (κ1) is 17.7. The predicted molar refractivity (Wildman–Crippen MR) is 90.6 cm³/mol. The molecule has 0 fully saturated rings. The second kappa shape index (κ2) is 7.29. The SMILES string of the molecule is Cc1nn(C)c(C)c1CCC(=O)Nc1cnn(CC(=O)N(C)C)c1. The third kappa shape index (κ3) is 4.21. The van der Waals surface area contributed by atoms with Crippen LogP contribution in [0.15, 0.2) is 12.4 Å². The lowest BCUT2D eigenvalue weighted by Crippen LogP contribution is -2.26. The van der Waals surface area contributed by atoms with E-state index in [4.69, 9.17) is 0 Å². The van der Waals surface area contributed by atoms with Crippen molar-refractivity contribution in [1.82, 2.24) is 24.5 Å². The summed E-state index contributed by atoms with van der Waals surface area (Å²) in [5.41, 5.74) is 3.74. The van der Waals surface area contributed by atoms with Gasteiger partial charge in [-0.1, -0.05) is 0 Å². The molecule has 0 atom stereocenters. The predicted octanol–water partition coefficient (Wildman–Crippen LogP) is 0.893. The van der Waals surface area contributed by atoms with Crippen molar-refractivity contribution in [1.29, 1.82) is 0 Å². The highest BCUT2D eigenvalue weighted by Gasteiger charge is 2.12. The molecule has 0 radical (unpaired) electrons. The summed E-state index contributed by atoms with van der Waals surface area (Å²) in [5.74, 6) is -0.144. The van der Waals surface area contributed by atoms with Gasteiger partial charge in [0.1, 0.15) is 6.54 Å². The second-order valence-electron chi connectivity index (χ2n) is 6.04. The summed E-state index contributed by atoms with van der Waals surface area (Å²) in [4.78, 5) is 25.2. The molecule has 2 aromatic heterocycles. The van der Waals surface area contributed by atoms with Crippen LogP contribution >= 0.6 is 0 Å². The number of carbonyl (C=O) groups excluding carboxylic acids is 2. The molecular formula is C16H24N6O2. The minimum atomic E-state index is -0.0869. The molecular weight excluding hydrogens is 308 g/mol. The molecule has 0 saturated heterocycles. The van der Waals surface area contributed by atoms with E-state index in [1.54, 1.807) is 26.5 Å². The number of anilines is 1. The Bertz CT molecular complexity index is 744. The zero-order chi connectivity index (χ0) is 17.9. The van der Waals surface area contributed by atoms with Gasteiger partial charge < -0.3 is 10.2 Å². The molecule has 2 heterocycles. The molecule has 0 spiro atoms. The van der Waals surface area contributed by atoms with E-state index in [9.17, 15) is 9.59 Å². The van der Waals surface area contributed by atoms with Gasteiger partial charge in [0, 0.05) is 39.5 Å². The van der Waals surface area contributed by atoms with Gasteiger partial charge in [0.2, 0.25) is 11.8 Å². The van der Waals surface area contributed by atoms with Gasteiger partial charge in [-0.15, -0.1) is 0 Å². The van der Waals surface area contributed by atoms with Gasteiger partial charge in [-0.3, -0.25) is 19.0 Å². The minimum Gasteiger partial charge on any atom is -0.347 e. The summed E-state index contributed by atoms with van der Waals surface area (Å²) in [6, 6.07) is 0. The fraction of sp³-hybridized carbons (Fsp3) is 0.500. The average molecular weight is 332 g/mol. The van der Waals surface area contributed by atoms with Crippen molar-refractivity contribution >= 4 is 17.5 Å². The van der Waals surface area contributed by atoms with Gasteiger partial charge in [0.15, 0.2) is 0 Å². The second-order valence-corrected chi connectivity index (χ2v) is 6.04. The van der Waals surface area contributed by atoms with E-state index in [-0.39, 0.29) is 18.4 Å². The van der Waals surface area contributed by atoms with Gasteiger partial charge in [-0.25, -0.2) is 0 Å². The van der Waals surface area contributed by atoms with Crippen LogP contribution in [0.4, 0.5) is 5.69 Å². The van der Waals surface area contributed by atoms with Crippen molar-refractivity contribution in [2.75, 3.05) is 19.4 Å². The molecule has 24 heavy (non-hydrogen) atoms. The summed E-state index contributed by atoms with van der Waals surface area (Å²) >= 11 is 0. The Balaban J connectivity index is 1.89. The van der Waals surface area contributed by atoms with Crippen LogP contribution in [0, 0.1) is 13.8 Å². The Labute approximate surface area is 141 Å². The van der Waals surface area contributed by atoms with Crippen molar-refractivity contribution in [3.63, 3.8) is 0 Å². The number of nitrogens with zero attached hydrogens (tertiary/aromatic N) is 5. The van der Waals surface area contributed by atoms with Gasteiger partial charge >= 0.3 is 0 Å². The molecule has 0 aliphatic heterocycles. The lowest BCUT2D eigenvalue weighted by atomic mass is 10.1. The molecule has 8 heteroatoms. The summed E-state index contributed by atoms with van der Waals surface area (Å²) < 4.78 is 3.34. The number of aromatic nitrogens is 4. The van der Waals surface area contributed by atoms with Crippen LogP contribution in [0.5, 0.6) is 0 Å². The van der Waals surface area contributed by atoms with Gasteiger partial charge in [-0.2, -0.15) is 10.2 Å². The zero-order valence-corrected chi connectivity index (χ0v) is 14.8. The number of rotatable bonds is 6. The first-order valence-electron chi connectivity index (χ1n) is 7.79. The number of amides is 2. The van der Waals surface area contributed by atoms with E-state index in [0.29, 0.717) is 18.5 Å². The molecule has 1 N–H and O–H groups in total. The van der Waals surface area contributed by atoms with E-state index in [1.165, 1.54) is 9.58 Å². The van der Waals surface area contributed by atoms with E-state index in [0.717, 1.165) is 17.0 Å². The topological polar surface area (TPSA) is 85.0 Å². The maximum absolute atomic E-state index is 12.1. The highest BCUT2D eigenvalue weighted by Crippen LogP contribution is 2.14. The van der Waals surface area contributed by atoms with Crippen LogP contribution in [-0.2, 0) is 29.6 Å².